The normalized spacial score (nSPS) is 14.0. The molecule has 44 heavy (non-hydrogen) atoms. The minimum Gasteiger partial charge on any atom is -0.392 e. The number of carbonyl (C=O) groups is 2. The highest BCUT2D eigenvalue weighted by Gasteiger charge is 2.38. The molecule has 0 aromatic heterocycles. The number of aliphatic hydroxyl groups excluding tert-OH is 1. The monoisotopic (exact) mass is 616 g/mol. The molecule has 0 aliphatic rings. The molecule has 0 bridgehead atoms. The SMILES string of the molecule is CCCCCCC[C@@H](C[C@H](O)CSC(c1ccccc1)(c1ccccc1)c1ccccc1)C(=O)N[C@H](C(=O)NC)C(C)(C)C. The van der Waals surface area contributed by atoms with Crippen LogP contribution in [0.25, 0.3) is 0 Å². The molecule has 0 saturated heterocycles. The largest absolute Gasteiger partial charge is 0.392 e. The lowest BCUT2D eigenvalue weighted by molar-refractivity contribution is -0.134. The van der Waals surface area contributed by atoms with Crippen LogP contribution >= 0.6 is 11.8 Å². The van der Waals surface area contributed by atoms with E-state index < -0.39 is 22.3 Å². The van der Waals surface area contributed by atoms with Crippen LogP contribution in [0.15, 0.2) is 91.0 Å². The van der Waals surface area contributed by atoms with Gasteiger partial charge >= 0.3 is 0 Å². The first-order valence-electron chi connectivity index (χ1n) is 16.1. The van der Waals surface area contributed by atoms with Gasteiger partial charge in [0.15, 0.2) is 0 Å². The van der Waals surface area contributed by atoms with Crippen LogP contribution in [0, 0.1) is 11.3 Å². The van der Waals surface area contributed by atoms with E-state index in [-0.39, 0.29) is 17.7 Å². The quantitative estimate of drug-likeness (QED) is 0.107. The van der Waals surface area contributed by atoms with Gasteiger partial charge < -0.3 is 15.7 Å². The van der Waals surface area contributed by atoms with Crippen molar-refractivity contribution in [3.63, 3.8) is 0 Å². The molecule has 0 aliphatic heterocycles. The van der Waals surface area contributed by atoms with Gasteiger partial charge in [0, 0.05) is 18.7 Å². The number of likely N-dealkylation sites (N-methyl/N-ethyl adjacent to an activating group) is 1. The van der Waals surface area contributed by atoms with Gasteiger partial charge in [0.2, 0.25) is 11.8 Å². The van der Waals surface area contributed by atoms with Gasteiger partial charge in [-0.15, -0.1) is 11.8 Å². The number of amides is 2. The van der Waals surface area contributed by atoms with Crippen molar-refractivity contribution in [2.24, 2.45) is 11.3 Å². The smallest absolute Gasteiger partial charge is 0.242 e. The summed E-state index contributed by atoms with van der Waals surface area (Å²) in [5, 5.41) is 17.3. The van der Waals surface area contributed by atoms with Crippen LogP contribution < -0.4 is 10.6 Å². The van der Waals surface area contributed by atoms with Crippen molar-refractivity contribution in [1.82, 2.24) is 10.6 Å². The zero-order valence-electron chi connectivity index (χ0n) is 27.2. The number of carbonyl (C=O) groups excluding carboxylic acids is 2. The Kier molecular flexibility index (Phi) is 14.0. The Bertz CT molecular complexity index is 1160. The summed E-state index contributed by atoms with van der Waals surface area (Å²) >= 11 is 1.71. The van der Waals surface area contributed by atoms with Crippen molar-refractivity contribution in [1.29, 1.82) is 0 Å². The van der Waals surface area contributed by atoms with Crippen LogP contribution in [0.1, 0.15) is 89.3 Å². The van der Waals surface area contributed by atoms with Crippen molar-refractivity contribution in [2.75, 3.05) is 12.8 Å². The highest BCUT2D eigenvalue weighted by molar-refractivity contribution is 8.00. The van der Waals surface area contributed by atoms with Crippen LogP contribution in [0.2, 0.25) is 0 Å². The van der Waals surface area contributed by atoms with Gasteiger partial charge in [0.25, 0.3) is 0 Å². The van der Waals surface area contributed by atoms with E-state index in [4.69, 9.17) is 0 Å². The van der Waals surface area contributed by atoms with Gasteiger partial charge in [-0.05, 0) is 34.9 Å². The number of aliphatic hydroxyl groups is 1. The molecule has 6 heteroatoms. The van der Waals surface area contributed by atoms with E-state index in [0.29, 0.717) is 18.6 Å². The number of benzene rings is 3. The summed E-state index contributed by atoms with van der Waals surface area (Å²) in [6.45, 7) is 8.05. The Hall–Kier alpha value is -3.09. The van der Waals surface area contributed by atoms with Crippen molar-refractivity contribution in [3.8, 4) is 0 Å². The average Bonchev–Trinajstić information content (AvgIpc) is 3.03. The molecule has 5 nitrogen and oxygen atoms in total. The van der Waals surface area contributed by atoms with Crippen molar-refractivity contribution < 1.29 is 14.7 Å². The number of rotatable bonds is 17. The van der Waals surface area contributed by atoms with Gasteiger partial charge in [-0.3, -0.25) is 9.59 Å². The molecule has 238 valence electrons. The van der Waals surface area contributed by atoms with E-state index >= 15 is 0 Å². The molecule has 3 aromatic rings. The lowest BCUT2D eigenvalue weighted by Crippen LogP contribution is -2.54. The minimum absolute atomic E-state index is 0.159. The Morgan fingerprint density at radius 2 is 1.23 bits per heavy atom. The maximum Gasteiger partial charge on any atom is 0.242 e. The average molecular weight is 617 g/mol. The summed E-state index contributed by atoms with van der Waals surface area (Å²) in [5.74, 6) is -0.312. The van der Waals surface area contributed by atoms with E-state index in [0.717, 1.165) is 42.4 Å². The van der Waals surface area contributed by atoms with Crippen molar-refractivity contribution >= 4 is 23.6 Å². The lowest BCUT2D eigenvalue weighted by atomic mass is 9.84. The van der Waals surface area contributed by atoms with E-state index in [2.05, 4.69) is 90.4 Å². The summed E-state index contributed by atoms with van der Waals surface area (Å²) < 4.78 is -0.542. The molecule has 3 N–H and O–H groups in total. The second-order valence-electron chi connectivity index (χ2n) is 12.8. The predicted octanol–water partition coefficient (Wildman–Crippen LogP) is 7.72. The van der Waals surface area contributed by atoms with Crippen LogP contribution in [0.3, 0.4) is 0 Å². The number of hydrogen-bond acceptors (Lipinski definition) is 4. The van der Waals surface area contributed by atoms with Crippen molar-refractivity contribution in [2.45, 2.75) is 89.5 Å². The fourth-order valence-corrected chi connectivity index (χ4v) is 7.30. The summed E-state index contributed by atoms with van der Waals surface area (Å²) in [6.07, 6.45) is 5.76. The number of hydrogen-bond donors (Lipinski definition) is 3. The third kappa shape index (κ3) is 9.70. The molecular formula is C38H52N2O3S. The molecule has 3 rings (SSSR count). The van der Waals surface area contributed by atoms with Gasteiger partial charge in [0.1, 0.15) is 6.04 Å². The van der Waals surface area contributed by atoms with Gasteiger partial charge in [0.05, 0.1) is 10.9 Å². The van der Waals surface area contributed by atoms with Crippen LogP contribution in [-0.2, 0) is 14.3 Å². The number of thioether (sulfide) groups is 1. The molecule has 0 unspecified atom stereocenters. The highest BCUT2D eigenvalue weighted by atomic mass is 32.2. The number of nitrogens with one attached hydrogen (secondary N) is 2. The molecule has 0 spiro atoms. The first kappa shape index (κ1) is 35.4. The summed E-state index contributed by atoms with van der Waals surface area (Å²) in [4.78, 5) is 26.4. The first-order valence-corrected chi connectivity index (χ1v) is 17.1. The third-order valence-electron chi connectivity index (χ3n) is 8.28. The molecule has 0 saturated carbocycles. The summed E-state index contributed by atoms with van der Waals surface area (Å²) in [5.41, 5.74) is 2.96. The molecule has 3 aromatic carbocycles. The van der Waals surface area contributed by atoms with E-state index in [1.807, 2.05) is 39.0 Å². The highest BCUT2D eigenvalue weighted by Crippen LogP contribution is 2.48. The van der Waals surface area contributed by atoms with Gasteiger partial charge in [-0.2, -0.15) is 0 Å². The lowest BCUT2D eigenvalue weighted by Gasteiger charge is -2.36. The Morgan fingerprint density at radius 1 is 0.750 bits per heavy atom. The van der Waals surface area contributed by atoms with E-state index in [1.54, 1.807) is 18.8 Å². The summed E-state index contributed by atoms with van der Waals surface area (Å²) in [7, 11) is 1.60. The molecule has 0 radical (unpaired) electrons. The molecule has 0 aliphatic carbocycles. The second kappa shape index (κ2) is 17.4. The third-order valence-corrected chi connectivity index (χ3v) is 9.97. The van der Waals surface area contributed by atoms with Gasteiger partial charge in [-0.1, -0.05) is 151 Å². The Labute approximate surface area is 269 Å². The molecular weight excluding hydrogens is 564 g/mol. The number of unbranched alkanes of at least 4 members (excludes halogenated alkanes) is 4. The minimum atomic E-state index is -0.713. The zero-order valence-corrected chi connectivity index (χ0v) is 28.0. The summed E-state index contributed by atoms with van der Waals surface area (Å²) in [6, 6.07) is 30.7. The van der Waals surface area contributed by atoms with Crippen LogP contribution in [-0.4, -0.2) is 41.9 Å². The Morgan fingerprint density at radius 3 is 1.66 bits per heavy atom. The maximum atomic E-state index is 13.7. The first-order chi connectivity index (χ1) is 21.1. The maximum absolute atomic E-state index is 13.7. The predicted molar refractivity (Wildman–Crippen MR) is 185 cm³/mol. The fraction of sp³-hybridized carbons (Fsp3) is 0.474. The zero-order chi connectivity index (χ0) is 32.0. The molecule has 2 amide bonds. The molecule has 0 heterocycles. The Balaban J connectivity index is 1.88. The van der Waals surface area contributed by atoms with Crippen LogP contribution in [0.4, 0.5) is 0 Å². The molecule has 3 atom stereocenters. The fourth-order valence-electron chi connectivity index (χ4n) is 5.82. The van der Waals surface area contributed by atoms with E-state index in [1.165, 1.54) is 6.42 Å². The topological polar surface area (TPSA) is 78.4 Å². The van der Waals surface area contributed by atoms with Crippen LogP contribution in [0.5, 0.6) is 0 Å². The molecule has 0 fully saturated rings. The standard InChI is InChI=1S/C38H52N2O3S/c1-6-7-8-9-13-20-29(35(42)40-34(36(43)39-5)37(2,3)4)27-33(41)28-44-38(30-21-14-10-15-22-30,31-23-16-11-17-24-31)32-25-18-12-19-26-32/h10-12,14-19,21-26,29,33-34,41H,6-9,13,20,27-28H2,1-5H3,(H,39,43)(H,40,42)/t29-,33-,34+/m0/s1. The second-order valence-corrected chi connectivity index (χ2v) is 14.0. The van der Waals surface area contributed by atoms with Crippen molar-refractivity contribution in [3.05, 3.63) is 108 Å². The van der Waals surface area contributed by atoms with E-state index in [9.17, 15) is 14.7 Å². The van der Waals surface area contributed by atoms with Gasteiger partial charge in [-0.25, -0.2) is 0 Å².